The highest BCUT2D eigenvalue weighted by molar-refractivity contribution is 5.97. The van der Waals surface area contributed by atoms with E-state index in [1.165, 1.54) is 17.0 Å². The van der Waals surface area contributed by atoms with Crippen molar-refractivity contribution in [1.29, 1.82) is 0 Å². The number of halogens is 3. The third-order valence-electron chi connectivity index (χ3n) is 7.10. The Morgan fingerprint density at radius 3 is 2.03 bits per heavy atom. The molecule has 2 aromatic carbocycles. The molecule has 1 aliphatic rings. The molecule has 0 saturated carbocycles. The topological polar surface area (TPSA) is 81.8 Å². The molecule has 3 rings (SSSR count). The van der Waals surface area contributed by atoms with Crippen LogP contribution in [0.25, 0.3) is 0 Å². The third kappa shape index (κ3) is 7.74. The van der Waals surface area contributed by atoms with Gasteiger partial charge in [0.1, 0.15) is 6.04 Å². The Bertz CT molecular complexity index is 1170. The van der Waals surface area contributed by atoms with Gasteiger partial charge in [-0.15, -0.1) is 0 Å². The summed E-state index contributed by atoms with van der Waals surface area (Å²) in [5.41, 5.74) is 0.724. The molecule has 0 radical (unpaired) electrons. The predicted molar refractivity (Wildman–Crippen MR) is 144 cm³/mol. The lowest BCUT2D eigenvalue weighted by atomic mass is 9.86. The van der Waals surface area contributed by atoms with E-state index in [9.17, 15) is 27.6 Å². The highest BCUT2D eigenvalue weighted by atomic mass is 19.4. The quantitative estimate of drug-likeness (QED) is 0.500. The van der Waals surface area contributed by atoms with Crippen LogP contribution in [0.15, 0.2) is 48.5 Å². The van der Waals surface area contributed by atoms with Gasteiger partial charge < -0.3 is 20.4 Å². The van der Waals surface area contributed by atoms with Crippen molar-refractivity contribution in [2.75, 3.05) is 31.5 Å². The first-order valence-electron chi connectivity index (χ1n) is 13.1. The summed E-state index contributed by atoms with van der Waals surface area (Å²) >= 11 is 0. The normalized spacial score (nSPS) is 15.9. The van der Waals surface area contributed by atoms with Crippen LogP contribution in [0.1, 0.15) is 62.5 Å². The second-order valence-electron chi connectivity index (χ2n) is 11.0. The molecule has 2 unspecified atom stereocenters. The standard InChI is InChI=1S/C29H37F3N4O3/c1-6-19(2)24(34-25(37)20-10-12-21(13-11-20)28(3,4)5)26(38)35-14-16-36(17-15-35)27(39)33-23-9-7-8-22(18-23)29(30,31)32/h7-13,18-19,24H,6,14-17H2,1-5H3,(H,33,39)(H,34,37). The first kappa shape index (κ1) is 30.0. The van der Waals surface area contributed by atoms with E-state index in [2.05, 4.69) is 31.4 Å². The van der Waals surface area contributed by atoms with Crippen molar-refractivity contribution in [2.24, 2.45) is 5.92 Å². The third-order valence-corrected chi connectivity index (χ3v) is 7.10. The molecule has 2 atom stereocenters. The van der Waals surface area contributed by atoms with Crippen molar-refractivity contribution >= 4 is 23.5 Å². The molecule has 1 saturated heterocycles. The lowest BCUT2D eigenvalue weighted by Crippen LogP contribution is -2.57. The Labute approximate surface area is 227 Å². The summed E-state index contributed by atoms with van der Waals surface area (Å²) in [6.45, 7) is 11.1. The highest BCUT2D eigenvalue weighted by Crippen LogP contribution is 2.30. The molecule has 2 N–H and O–H groups in total. The van der Waals surface area contributed by atoms with Crippen LogP contribution in [-0.4, -0.2) is 59.9 Å². The number of urea groups is 1. The number of anilines is 1. The number of piperazine rings is 1. The van der Waals surface area contributed by atoms with E-state index in [-0.39, 0.29) is 55.0 Å². The first-order chi connectivity index (χ1) is 18.2. The number of benzene rings is 2. The molecule has 10 heteroatoms. The zero-order valence-corrected chi connectivity index (χ0v) is 23.1. The monoisotopic (exact) mass is 546 g/mol. The van der Waals surface area contributed by atoms with Crippen LogP contribution in [-0.2, 0) is 16.4 Å². The van der Waals surface area contributed by atoms with Crippen LogP contribution < -0.4 is 10.6 Å². The molecule has 1 aliphatic heterocycles. The summed E-state index contributed by atoms with van der Waals surface area (Å²) in [7, 11) is 0. The van der Waals surface area contributed by atoms with Gasteiger partial charge in [-0.3, -0.25) is 9.59 Å². The predicted octanol–water partition coefficient (Wildman–Crippen LogP) is 5.52. The number of amides is 4. The zero-order chi connectivity index (χ0) is 29.0. The van der Waals surface area contributed by atoms with Gasteiger partial charge in [0.2, 0.25) is 5.91 Å². The van der Waals surface area contributed by atoms with Gasteiger partial charge in [-0.2, -0.15) is 13.2 Å². The van der Waals surface area contributed by atoms with Crippen molar-refractivity contribution < 1.29 is 27.6 Å². The number of rotatable bonds is 6. The maximum absolute atomic E-state index is 13.4. The molecular formula is C29H37F3N4O3. The largest absolute Gasteiger partial charge is 0.416 e. The summed E-state index contributed by atoms with van der Waals surface area (Å²) in [5.74, 6) is -0.660. The van der Waals surface area contributed by atoms with Gasteiger partial charge in [0, 0.05) is 37.4 Å². The maximum Gasteiger partial charge on any atom is 0.416 e. The minimum atomic E-state index is -4.51. The molecule has 0 aliphatic carbocycles. The van der Waals surface area contributed by atoms with E-state index in [1.807, 2.05) is 26.0 Å². The van der Waals surface area contributed by atoms with Crippen molar-refractivity contribution in [1.82, 2.24) is 15.1 Å². The van der Waals surface area contributed by atoms with Crippen LogP contribution in [0.3, 0.4) is 0 Å². The lowest BCUT2D eigenvalue weighted by Gasteiger charge is -2.37. The molecule has 7 nitrogen and oxygen atoms in total. The molecule has 1 fully saturated rings. The first-order valence-corrected chi connectivity index (χ1v) is 13.1. The number of nitrogens with zero attached hydrogens (tertiary/aromatic N) is 2. The average molecular weight is 547 g/mol. The molecule has 1 heterocycles. The van der Waals surface area contributed by atoms with E-state index in [0.717, 1.165) is 17.7 Å². The van der Waals surface area contributed by atoms with E-state index in [4.69, 9.17) is 0 Å². The zero-order valence-electron chi connectivity index (χ0n) is 23.1. The summed E-state index contributed by atoms with van der Waals surface area (Å²) in [4.78, 5) is 42.2. The van der Waals surface area contributed by atoms with Crippen molar-refractivity contribution in [3.05, 3.63) is 65.2 Å². The van der Waals surface area contributed by atoms with E-state index < -0.39 is 23.8 Å². The van der Waals surface area contributed by atoms with Crippen molar-refractivity contribution in [3.8, 4) is 0 Å². The van der Waals surface area contributed by atoms with Crippen LogP contribution >= 0.6 is 0 Å². The number of hydrogen-bond donors (Lipinski definition) is 2. The summed E-state index contributed by atoms with van der Waals surface area (Å²) in [6.07, 6.45) is -3.83. The fourth-order valence-corrected chi connectivity index (χ4v) is 4.33. The molecule has 0 aromatic heterocycles. The Balaban J connectivity index is 1.61. The van der Waals surface area contributed by atoms with Gasteiger partial charge in [0.25, 0.3) is 5.91 Å². The molecule has 39 heavy (non-hydrogen) atoms. The highest BCUT2D eigenvalue weighted by Gasteiger charge is 2.33. The molecule has 212 valence electrons. The van der Waals surface area contributed by atoms with Crippen LogP contribution in [0.4, 0.5) is 23.7 Å². The van der Waals surface area contributed by atoms with Crippen LogP contribution in [0.5, 0.6) is 0 Å². The SMILES string of the molecule is CCC(C)C(NC(=O)c1ccc(C(C)(C)C)cc1)C(=O)N1CCN(C(=O)Nc2cccc(C(F)(F)F)c2)CC1. The number of carbonyl (C=O) groups excluding carboxylic acids is 3. The van der Waals surface area contributed by atoms with Crippen LogP contribution in [0.2, 0.25) is 0 Å². The Morgan fingerprint density at radius 2 is 1.49 bits per heavy atom. The second kappa shape index (κ2) is 12.1. The lowest BCUT2D eigenvalue weighted by molar-refractivity contribution is -0.137. The number of alkyl halides is 3. The minimum absolute atomic E-state index is 0.0448. The van der Waals surface area contributed by atoms with Crippen LogP contribution in [0, 0.1) is 5.92 Å². The van der Waals surface area contributed by atoms with Gasteiger partial charge in [-0.05, 0) is 47.2 Å². The van der Waals surface area contributed by atoms with Crippen molar-refractivity contribution in [3.63, 3.8) is 0 Å². The molecular weight excluding hydrogens is 509 g/mol. The molecule has 4 amide bonds. The Morgan fingerprint density at radius 1 is 0.897 bits per heavy atom. The number of hydrogen-bond acceptors (Lipinski definition) is 3. The average Bonchev–Trinajstić information content (AvgIpc) is 2.90. The molecule has 0 spiro atoms. The fraction of sp³-hybridized carbons (Fsp3) is 0.483. The fourth-order valence-electron chi connectivity index (χ4n) is 4.33. The number of carbonyl (C=O) groups is 3. The van der Waals surface area contributed by atoms with E-state index >= 15 is 0 Å². The summed E-state index contributed by atoms with van der Waals surface area (Å²) in [5, 5.41) is 5.41. The van der Waals surface area contributed by atoms with Crippen molar-refractivity contribution in [2.45, 2.75) is 58.7 Å². The van der Waals surface area contributed by atoms with Gasteiger partial charge in [0.15, 0.2) is 0 Å². The van der Waals surface area contributed by atoms with Gasteiger partial charge in [-0.1, -0.05) is 59.2 Å². The number of nitrogens with one attached hydrogen (secondary N) is 2. The smallest absolute Gasteiger partial charge is 0.340 e. The van der Waals surface area contributed by atoms with Gasteiger partial charge in [0.05, 0.1) is 5.56 Å². The molecule has 2 aromatic rings. The van der Waals surface area contributed by atoms with Gasteiger partial charge in [-0.25, -0.2) is 4.79 Å². The Hall–Kier alpha value is -3.56. The second-order valence-corrected chi connectivity index (χ2v) is 11.0. The van der Waals surface area contributed by atoms with E-state index in [1.54, 1.807) is 17.0 Å². The summed E-state index contributed by atoms with van der Waals surface area (Å²) in [6, 6.07) is 10.5. The maximum atomic E-state index is 13.4. The summed E-state index contributed by atoms with van der Waals surface area (Å²) < 4.78 is 38.9. The minimum Gasteiger partial charge on any atom is -0.340 e. The van der Waals surface area contributed by atoms with E-state index in [0.29, 0.717) is 12.0 Å². The van der Waals surface area contributed by atoms with Gasteiger partial charge >= 0.3 is 12.2 Å². The molecule has 0 bridgehead atoms. The Kier molecular flexibility index (Phi) is 9.30.